The number of ether oxygens (including phenoxy) is 1. The predicted octanol–water partition coefficient (Wildman–Crippen LogP) is 1.72. The molecule has 0 atom stereocenters. The molecule has 0 aromatic heterocycles. The number of rotatable bonds is 7. The zero-order valence-electron chi connectivity index (χ0n) is 7.94. The van der Waals surface area contributed by atoms with Gasteiger partial charge in [0.15, 0.2) is 0 Å². The van der Waals surface area contributed by atoms with E-state index in [0.29, 0.717) is 0 Å². The molecule has 0 heterocycles. The van der Waals surface area contributed by atoms with Crippen LogP contribution in [0.5, 0.6) is 0 Å². The van der Waals surface area contributed by atoms with Crippen LogP contribution in [-0.2, 0) is 4.74 Å². The third-order valence-corrected chi connectivity index (χ3v) is 1.93. The molecule has 1 rings (SSSR count). The molecule has 0 aliphatic heterocycles. The van der Waals surface area contributed by atoms with Gasteiger partial charge in [0.2, 0.25) is 0 Å². The molecule has 70 valence electrons. The zero-order valence-corrected chi connectivity index (χ0v) is 7.94. The first-order valence-corrected chi connectivity index (χ1v) is 4.74. The summed E-state index contributed by atoms with van der Waals surface area (Å²) in [7, 11) is 0. The molecule has 0 aromatic rings. The summed E-state index contributed by atoms with van der Waals surface area (Å²) < 4.78 is 5.40. The van der Waals surface area contributed by atoms with E-state index in [0.717, 1.165) is 32.2 Å². The van der Waals surface area contributed by atoms with E-state index in [1.807, 2.05) is 6.92 Å². The molecule has 0 unspecified atom stereocenters. The summed E-state index contributed by atoms with van der Waals surface area (Å²) in [6, 6.07) is 0.801. The van der Waals surface area contributed by atoms with Crippen molar-refractivity contribution in [3.05, 3.63) is 12.2 Å². The van der Waals surface area contributed by atoms with Crippen LogP contribution in [0.1, 0.15) is 26.2 Å². The molecule has 0 radical (unpaired) electrons. The Kier molecular flexibility index (Phi) is 4.33. The van der Waals surface area contributed by atoms with Gasteiger partial charge in [-0.2, -0.15) is 0 Å². The van der Waals surface area contributed by atoms with E-state index >= 15 is 0 Å². The van der Waals surface area contributed by atoms with Crippen LogP contribution in [-0.4, -0.2) is 25.8 Å². The lowest BCUT2D eigenvalue weighted by molar-refractivity contribution is 0.138. The first kappa shape index (κ1) is 9.75. The molecule has 1 saturated carbocycles. The van der Waals surface area contributed by atoms with Gasteiger partial charge >= 0.3 is 0 Å². The Morgan fingerprint density at radius 2 is 2.25 bits per heavy atom. The summed E-state index contributed by atoms with van der Waals surface area (Å²) in [6.45, 7) is 8.51. The highest BCUT2D eigenvalue weighted by molar-refractivity contribution is 4.87. The van der Waals surface area contributed by atoms with Crippen molar-refractivity contribution in [1.29, 1.82) is 0 Å². The van der Waals surface area contributed by atoms with Crippen LogP contribution in [0.25, 0.3) is 0 Å². The summed E-state index contributed by atoms with van der Waals surface area (Å²) in [4.78, 5) is 0. The maximum Gasteiger partial charge on any atom is 0.0591 e. The summed E-state index contributed by atoms with van der Waals surface area (Å²) in [5, 5.41) is 3.40. The zero-order chi connectivity index (χ0) is 8.81. The first-order chi connectivity index (χ1) is 5.79. The second-order valence-electron chi connectivity index (χ2n) is 3.55. The normalized spacial score (nSPS) is 16.4. The highest BCUT2D eigenvalue weighted by Gasteiger charge is 2.19. The third kappa shape index (κ3) is 5.33. The van der Waals surface area contributed by atoms with Crippen molar-refractivity contribution in [2.45, 2.75) is 32.2 Å². The van der Waals surface area contributed by atoms with E-state index in [-0.39, 0.29) is 0 Å². The summed E-state index contributed by atoms with van der Waals surface area (Å²) >= 11 is 0. The van der Waals surface area contributed by atoms with Crippen LogP contribution in [0.4, 0.5) is 0 Å². The van der Waals surface area contributed by atoms with Gasteiger partial charge in [0.05, 0.1) is 13.2 Å². The Morgan fingerprint density at radius 1 is 1.50 bits per heavy atom. The standard InChI is InChI=1S/C10H19NO/c1-9(2)5-7-12-8-6-11-10-3-4-10/h10-11H,1,3-8H2,2H3. The van der Waals surface area contributed by atoms with Crippen molar-refractivity contribution >= 4 is 0 Å². The van der Waals surface area contributed by atoms with Crippen LogP contribution in [0.15, 0.2) is 12.2 Å². The maximum atomic E-state index is 5.40. The minimum atomic E-state index is 0.801. The second-order valence-corrected chi connectivity index (χ2v) is 3.55. The first-order valence-electron chi connectivity index (χ1n) is 4.74. The van der Waals surface area contributed by atoms with E-state index in [4.69, 9.17) is 4.74 Å². The molecular weight excluding hydrogens is 150 g/mol. The molecule has 0 aromatic carbocycles. The maximum absolute atomic E-state index is 5.40. The van der Waals surface area contributed by atoms with E-state index in [9.17, 15) is 0 Å². The molecule has 0 amide bonds. The highest BCUT2D eigenvalue weighted by Crippen LogP contribution is 2.17. The Labute approximate surface area is 75.0 Å². The lowest BCUT2D eigenvalue weighted by Gasteiger charge is -2.04. The predicted molar refractivity (Wildman–Crippen MR) is 51.3 cm³/mol. The average molecular weight is 169 g/mol. The molecular formula is C10H19NO. The molecule has 0 bridgehead atoms. The van der Waals surface area contributed by atoms with Gasteiger partial charge in [-0.15, -0.1) is 6.58 Å². The van der Waals surface area contributed by atoms with Gasteiger partial charge in [-0.1, -0.05) is 5.57 Å². The van der Waals surface area contributed by atoms with Gasteiger partial charge in [0, 0.05) is 12.6 Å². The van der Waals surface area contributed by atoms with Crippen molar-refractivity contribution in [2.75, 3.05) is 19.8 Å². The van der Waals surface area contributed by atoms with Crippen LogP contribution in [0.2, 0.25) is 0 Å². The molecule has 0 saturated heterocycles. The molecule has 2 heteroatoms. The molecule has 1 N–H and O–H groups in total. The number of nitrogens with one attached hydrogen (secondary N) is 1. The minimum Gasteiger partial charge on any atom is -0.380 e. The largest absolute Gasteiger partial charge is 0.380 e. The van der Waals surface area contributed by atoms with E-state index < -0.39 is 0 Å². The molecule has 2 nitrogen and oxygen atoms in total. The van der Waals surface area contributed by atoms with Crippen molar-refractivity contribution in [3.8, 4) is 0 Å². The lowest BCUT2D eigenvalue weighted by Crippen LogP contribution is -2.21. The Balaban J connectivity index is 1.73. The summed E-state index contributed by atoms with van der Waals surface area (Å²) in [5.74, 6) is 0. The number of hydrogen-bond donors (Lipinski definition) is 1. The van der Waals surface area contributed by atoms with Gasteiger partial charge in [0.25, 0.3) is 0 Å². The molecule has 1 aliphatic carbocycles. The fourth-order valence-electron chi connectivity index (χ4n) is 0.971. The fraction of sp³-hybridized carbons (Fsp3) is 0.800. The Bertz CT molecular complexity index is 141. The van der Waals surface area contributed by atoms with Crippen LogP contribution >= 0.6 is 0 Å². The third-order valence-electron chi connectivity index (χ3n) is 1.93. The molecule has 1 aliphatic rings. The molecule has 1 fully saturated rings. The van der Waals surface area contributed by atoms with Crippen molar-refractivity contribution in [2.24, 2.45) is 0 Å². The van der Waals surface area contributed by atoms with Gasteiger partial charge in [-0.3, -0.25) is 0 Å². The topological polar surface area (TPSA) is 21.3 Å². The number of hydrogen-bond acceptors (Lipinski definition) is 2. The molecule has 12 heavy (non-hydrogen) atoms. The van der Waals surface area contributed by atoms with Gasteiger partial charge in [-0.25, -0.2) is 0 Å². The van der Waals surface area contributed by atoms with E-state index in [2.05, 4.69) is 11.9 Å². The van der Waals surface area contributed by atoms with Gasteiger partial charge < -0.3 is 10.1 Å². The molecule has 0 spiro atoms. The average Bonchev–Trinajstić information content (AvgIpc) is 2.79. The summed E-state index contributed by atoms with van der Waals surface area (Å²) in [5.41, 5.74) is 1.20. The van der Waals surface area contributed by atoms with Crippen LogP contribution < -0.4 is 5.32 Å². The van der Waals surface area contributed by atoms with Gasteiger partial charge in [0.1, 0.15) is 0 Å². The second kappa shape index (κ2) is 5.33. The summed E-state index contributed by atoms with van der Waals surface area (Å²) in [6.07, 6.45) is 3.70. The van der Waals surface area contributed by atoms with Crippen molar-refractivity contribution in [3.63, 3.8) is 0 Å². The lowest BCUT2D eigenvalue weighted by atomic mass is 10.3. The van der Waals surface area contributed by atoms with Crippen molar-refractivity contribution in [1.82, 2.24) is 5.32 Å². The van der Waals surface area contributed by atoms with Gasteiger partial charge in [-0.05, 0) is 26.2 Å². The minimum absolute atomic E-state index is 0.801. The fourth-order valence-corrected chi connectivity index (χ4v) is 0.971. The van der Waals surface area contributed by atoms with E-state index in [1.54, 1.807) is 0 Å². The van der Waals surface area contributed by atoms with E-state index in [1.165, 1.54) is 18.4 Å². The quantitative estimate of drug-likeness (QED) is 0.463. The highest BCUT2D eigenvalue weighted by atomic mass is 16.5. The van der Waals surface area contributed by atoms with Crippen molar-refractivity contribution < 1.29 is 4.74 Å². The monoisotopic (exact) mass is 169 g/mol. The Morgan fingerprint density at radius 3 is 2.83 bits per heavy atom. The van der Waals surface area contributed by atoms with Crippen LogP contribution in [0.3, 0.4) is 0 Å². The smallest absolute Gasteiger partial charge is 0.0591 e. The SMILES string of the molecule is C=C(C)CCOCCNC1CC1. The van der Waals surface area contributed by atoms with Crippen LogP contribution in [0, 0.1) is 0 Å². The Hall–Kier alpha value is -0.340.